The Hall–Kier alpha value is -6.17. The Morgan fingerprint density at radius 3 is 1.40 bits per heavy atom. The van der Waals surface area contributed by atoms with E-state index in [1.165, 1.54) is 96.6 Å². The Balaban J connectivity index is 4.36. The first-order valence-corrected chi connectivity index (χ1v) is 31.1. The van der Waals surface area contributed by atoms with Gasteiger partial charge in [0, 0.05) is 55.8 Å². The standard InChI is InChI=1S/C63H113N11O13/c1-25-27-28-29-40(13)52(76)51-56(80)66-43(26-2)58(82)68(18)34-48(75)69(19)47(33-63(16,17)87)55(79)67-49(38(9)10)61(85)70(20)44(30-35(3)4)54(78)64-41(14)53(77)65-42(15)57(81)71(21)45(31-36(5)6)59(83)72(22)46(32-37(7)8)60(84)73(23)50(39(11)12)62(86)74(51)24/h27-28,35-47,49-52,76,87H,25-26,29-34H2,1-24H3,(H,64,78)(H,65,77)(H,66,80)(H,67,79)/b28-27+/t40-,41+,42-,43+,44-,45+,46+,47+,49-,50+,51+,52-/m1/s1. The molecule has 0 unspecified atom stereocenters. The summed E-state index contributed by atoms with van der Waals surface area (Å²) in [5, 5.41) is 34.1. The van der Waals surface area contributed by atoms with Crippen LogP contribution >= 0.6 is 0 Å². The van der Waals surface area contributed by atoms with E-state index >= 15 is 9.59 Å². The van der Waals surface area contributed by atoms with Gasteiger partial charge in [0.15, 0.2) is 0 Å². The monoisotopic (exact) mass is 1230 g/mol. The fraction of sp³-hybridized carbons (Fsp3) is 0.794. The van der Waals surface area contributed by atoms with Crippen molar-refractivity contribution in [3.05, 3.63) is 12.2 Å². The highest BCUT2D eigenvalue weighted by Crippen LogP contribution is 2.26. The van der Waals surface area contributed by atoms with Crippen LogP contribution in [0.1, 0.15) is 163 Å². The van der Waals surface area contributed by atoms with Gasteiger partial charge in [0.25, 0.3) is 0 Å². The maximum atomic E-state index is 15.2. The zero-order valence-corrected chi connectivity index (χ0v) is 57.1. The second kappa shape index (κ2) is 35.1. The van der Waals surface area contributed by atoms with Gasteiger partial charge in [-0.15, -0.1) is 0 Å². The second-order valence-electron chi connectivity index (χ2n) is 26.8. The molecule has 1 heterocycles. The number of nitrogens with zero attached hydrogens (tertiary/aromatic N) is 7. The van der Waals surface area contributed by atoms with Gasteiger partial charge in [-0.25, -0.2) is 0 Å². The zero-order valence-electron chi connectivity index (χ0n) is 57.1. The van der Waals surface area contributed by atoms with Crippen molar-refractivity contribution in [2.75, 3.05) is 55.9 Å². The van der Waals surface area contributed by atoms with Crippen molar-refractivity contribution < 1.29 is 63.0 Å². The fourth-order valence-electron chi connectivity index (χ4n) is 10.8. The second-order valence-corrected chi connectivity index (χ2v) is 26.8. The van der Waals surface area contributed by atoms with Gasteiger partial charge in [-0.3, -0.25) is 52.7 Å². The molecular weight excluding hydrogens is 1120 g/mol. The lowest BCUT2D eigenvalue weighted by Gasteiger charge is -2.41. The van der Waals surface area contributed by atoms with Crippen LogP contribution in [0.3, 0.4) is 0 Å². The number of likely N-dealkylation sites (N-methyl/N-ethyl adjacent to an activating group) is 7. The van der Waals surface area contributed by atoms with E-state index in [2.05, 4.69) is 21.3 Å². The molecule has 12 atom stereocenters. The highest BCUT2D eigenvalue weighted by atomic mass is 16.3. The summed E-state index contributed by atoms with van der Waals surface area (Å²) >= 11 is 0. The first kappa shape index (κ1) is 78.8. The van der Waals surface area contributed by atoms with Gasteiger partial charge in [-0.1, -0.05) is 102 Å². The van der Waals surface area contributed by atoms with E-state index < -0.39 is 161 Å². The number of carbonyl (C=O) groups is 11. The van der Waals surface area contributed by atoms with E-state index in [1.807, 2.05) is 60.6 Å². The Labute approximate surface area is 520 Å². The van der Waals surface area contributed by atoms with Crippen LogP contribution in [0.25, 0.3) is 0 Å². The molecule has 1 saturated heterocycles. The van der Waals surface area contributed by atoms with Gasteiger partial charge in [-0.2, -0.15) is 0 Å². The molecule has 1 rings (SSSR count). The number of aliphatic hydroxyl groups is 2. The van der Waals surface area contributed by atoms with E-state index in [0.717, 1.165) is 14.7 Å². The molecule has 1 fully saturated rings. The quantitative estimate of drug-likeness (QED) is 0.121. The van der Waals surface area contributed by atoms with Crippen molar-refractivity contribution >= 4 is 65.0 Å². The number of rotatable bonds is 16. The topological polar surface area (TPSA) is 299 Å². The normalized spacial score (nSPS) is 26.7. The van der Waals surface area contributed by atoms with Crippen molar-refractivity contribution in [3.63, 3.8) is 0 Å². The minimum absolute atomic E-state index is 0.0128. The molecule has 0 aromatic rings. The summed E-state index contributed by atoms with van der Waals surface area (Å²) < 4.78 is 0. The predicted octanol–water partition coefficient (Wildman–Crippen LogP) is 2.77. The van der Waals surface area contributed by atoms with Crippen molar-refractivity contribution in [1.82, 2.24) is 55.6 Å². The average Bonchev–Trinajstić information content (AvgIpc) is 1.14. The third kappa shape index (κ3) is 22.7. The molecule has 0 radical (unpaired) electrons. The number of carbonyl (C=O) groups excluding carboxylic acids is 11. The average molecular weight is 1230 g/mol. The molecule has 11 amide bonds. The molecular formula is C63H113N11O13. The van der Waals surface area contributed by atoms with E-state index in [-0.39, 0.29) is 49.9 Å². The smallest absolute Gasteiger partial charge is 0.246 e. The third-order valence-electron chi connectivity index (χ3n) is 16.2. The van der Waals surface area contributed by atoms with Crippen LogP contribution < -0.4 is 21.3 Å². The SMILES string of the molecule is CC/C=C/C[C@@H](C)[C@@H](O)[C@H]1C(=O)N[C@@H](CC)C(=O)N(C)CC(=O)N(C)[C@@H](CC(C)(C)O)C(=O)N[C@H](C(C)C)C(=O)N(C)[C@H](CC(C)C)C(=O)N[C@@H](C)C(=O)N[C@H](C)C(=O)N(C)[C@@H](CC(C)C)C(=O)N(C)[C@@H](CC(C)C)C(=O)N(C)[C@@H](C(C)C)C(=O)N1C. The molecule has 0 bridgehead atoms. The number of nitrogens with one attached hydrogen (secondary N) is 4. The molecule has 24 nitrogen and oxygen atoms in total. The lowest BCUT2D eigenvalue weighted by atomic mass is 9.91. The minimum atomic E-state index is -1.64. The van der Waals surface area contributed by atoms with Gasteiger partial charge in [0.1, 0.15) is 60.4 Å². The molecule has 498 valence electrons. The van der Waals surface area contributed by atoms with E-state index in [4.69, 9.17) is 0 Å². The Morgan fingerprint density at radius 2 is 0.943 bits per heavy atom. The van der Waals surface area contributed by atoms with Crippen LogP contribution in [0.15, 0.2) is 12.2 Å². The van der Waals surface area contributed by atoms with Crippen LogP contribution in [0.5, 0.6) is 0 Å². The summed E-state index contributed by atoms with van der Waals surface area (Å²) in [5.74, 6) is -10.3. The molecule has 0 aromatic carbocycles. The molecule has 0 aliphatic carbocycles. The van der Waals surface area contributed by atoms with Gasteiger partial charge in [0.2, 0.25) is 65.0 Å². The summed E-state index contributed by atoms with van der Waals surface area (Å²) in [4.78, 5) is 169. The summed E-state index contributed by atoms with van der Waals surface area (Å²) in [7, 11) is 9.69. The third-order valence-corrected chi connectivity index (χ3v) is 16.2. The molecule has 1 aliphatic rings. The van der Waals surface area contributed by atoms with Crippen LogP contribution in [0.4, 0.5) is 0 Å². The van der Waals surface area contributed by atoms with Crippen molar-refractivity contribution in [3.8, 4) is 0 Å². The first-order chi connectivity index (χ1) is 40.0. The van der Waals surface area contributed by atoms with Crippen LogP contribution in [-0.4, -0.2) is 237 Å². The largest absolute Gasteiger partial charge is 0.390 e. The number of allylic oxidation sites excluding steroid dienone is 2. The molecule has 24 heteroatoms. The van der Waals surface area contributed by atoms with Crippen LogP contribution in [0, 0.1) is 35.5 Å². The fourth-order valence-corrected chi connectivity index (χ4v) is 10.8. The predicted molar refractivity (Wildman–Crippen MR) is 335 cm³/mol. The number of amides is 11. The van der Waals surface area contributed by atoms with Gasteiger partial charge >= 0.3 is 0 Å². The number of aliphatic hydroxyl groups excluding tert-OH is 1. The lowest BCUT2D eigenvalue weighted by molar-refractivity contribution is -0.157. The highest BCUT2D eigenvalue weighted by Gasteiger charge is 2.46. The summed E-state index contributed by atoms with van der Waals surface area (Å²) in [6, 6.07) is -12.9. The Kier molecular flexibility index (Phi) is 31.8. The van der Waals surface area contributed by atoms with Gasteiger partial charge < -0.3 is 65.8 Å². The zero-order chi connectivity index (χ0) is 67.6. The summed E-state index contributed by atoms with van der Waals surface area (Å²) in [5.41, 5.74) is -1.55. The van der Waals surface area contributed by atoms with Crippen molar-refractivity contribution in [2.24, 2.45) is 35.5 Å². The molecule has 1 aliphatic heterocycles. The van der Waals surface area contributed by atoms with Crippen LogP contribution in [0.2, 0.25) is 0 Å². The Morgan fingerprint density at radius 1 is 0.494 bits per heavy atom. The van der Waals surface area contributed by atoms with E-state index in [1.54, 1.807) is 41.5 Å². The Bertz CT molecular complexity index is 2390. The minimum Gasteiger partial charge on any atom is -0.390 e. The molecule has 0 spiro atoms. The summed E-state index contributed by atoms with van der Waals surface area (Å²) in [6.45, 7) is 28.3. The maximum Gasteiger partial charge on any atom is 0.246 e. The van der Waals surface area contributed by atoms with E-state index in [0.29, 0.717) is 12.8 Å². The van der Waals surface area contributed by atoms with Gasteiger partial charge in [-0.05, 0) is 102 Å². The maximum absolute atomic E-state index is 15.2. The molecule has 6 N–H and O–H groups in total. The van der Waals surface area contributed by atoms with E-state index in [9.17, 15) is 53.4 Å². The van der Waals surface area contributed by atoms with Crippen molar-refractivity contribution in [2.45, 2.75) is 235 Å². The number of hydrogen-bond acceptors (Lipinski definition) is 13. The van der Waals surface area contributed by atoms with Crippen molar-refractivity contribution in [1.29, 1.82) is 0 Å². The summed E-state index contributed by atoms with van der Waals surface area (Å²) in [6.07, 6.45) is 3.29. The molecule has 0 aromatic heterocycles. The molecule has 0 saturated carbocycles. The number of hydrogen-bond donors (Lipinski definition) is 6. The molecule has 87 heavy (non-hydrogen) atoms. The first-order valence-electron chi connectivity index (χ1n) is 31.1. The lowest BCUT2D eigenvalue weighted by Crippen LogP contribution is -2.63. The van der Waals surface area contributed by atoms with Crippen LogP contribution in [-0.2, 0) is 52.7 Å². The highest BCUT2D eigenvalue weighted by molar-refractivity contribution is 5.99. The van der Waals surface area contributed by atoms with Gasteiger partial charge in [0.05, 0.1) is 18.2 Å².